The summed E-state index contributed by atoms with van der Waals surface area (Å²) in [7, 11) is 0. The van der Waals surface area contributed by atoms with Gasteiger partial charge in [0.2, 0.25) is 12.7 Å². The van der Waals surface area contributed by atoms with Crippen molar-refractivity contribution in [3.63, 3.8) is 0 Å². The van der Waals surface area contributed by atoms with E-state index < -0.39 is 6.04 Å². The first-order valence-corrected chi connectivity index (χ1v) is 10.5. The maximum atomic E-state index is 13.5. The highest BCUT2D eigenvalue weighted by atomic mass is 19.1. The van der Waals surface area contributed by atoms with Gasteiger partial charge in [-0.25, -0.2) is 4.39 Å². The molecule has 0 unspecified atom stereocenters. The van der Waals surface area contributed by atoms with Gasteiger partial charge in [0.05, 0.1) is 6.04 Å². The van der Waals surface area contributed by atoms with E-state index in [-0.39, 0.29) is 30.5 Å². The van der Waals surface area contributed by atoms with Crippen LogP contribution in [0.1, 0.15) is 16.8 Å². The van der Waals surface area contributed by atoms with Crippen LogP contribution in [0.25, 0.3) is 11.1 Å². The van der Waals surface area contributed by atoms with Gasteiger partial charge in [0.1, 0.15) is 11.9 Å². The molecular formula is C25H19FN2O4. The smallest absolute Gasteiger partial charge is 0.254 e. The van der Waals surface area contributed by atoms with Gasteiger partial charge in [0.25, 0.3) is 5.91 Å². The van der Waals surface area contributed by atoms with Gasteiger partial charge in [-0.3, -0.25) is 9.59 Å². The molecule has 32 heavy (non-hydrogen) atoms. The third-order valence-electron chi connectivity index (χ3n) is 6.35. The second kappa shape index (κ2) is 7.09. The van der Waals surface area contributed by atoms with Gasteiger partial charge >= 0.3 is 0 Å². The maximum absolute atomic E-state index is 13.5. The molecule has 2 saturated heterocycles. The van der Waals surface area contributed by atoms with E-state index in [1.54, 1.807) is 46.2 Å². The maximum Gasteiger partial charge on any atom is 0.254 e. The summed E-state index contributed by atoms with van der Waals surface area (Å²) in [5.41, 5.74) is 2.85. The number of rotatable bonds is 3. The Kier molecular flexibility index (Phi) is 4.18. The largest absolute Gasteiger partial charge is 0.454 e. The summed E-state index contributed by atoms with van der Waals surface area (Å²) in [6, 6.07) is 18.3. The second-order valence-corrected chi connectivity index (χ2v) is 8.20. The molecule has 0 radical (unpaired) electrons. The summed E-state index contributed by atoms with van der Waals surface area (Å²) in [5, 5.41) is 0. The molecule has 0 aliphatic carbocycles. The zero-order valence-electron chi connectivity index (χ0n) is 17.0. The standard InChI is InChI=1S/C25H19FN2O4/c26-18-3-1-2-17(10-18)15-4-6-16(7-5-15)24(29)27-13-20-11-21(27)25(30)28(20)19-8-9-22-23(12-19)32-14-31-22/h1-10,12,20-21H,11,13-14H2/t20-,21-/m0/s1. The zero-order chi connectivity index (χ0) is 21.8. The van der Waals surface area contributed by atoms with E-state index in [0.717, 1.165) is 16.8 Å². The molecule has 160 valence electrons. The number of nitrogens with zero attached hydrogens (tertiary/aromatic N) is 2. The summed E-state index contributed by atoms with van der Waals surface area (Å²) >= 11 is 0. The van der Waals surface area contributed by atoms with Crippen molar-refractivity contribution in [2.24, 2.45) is 0 Å². The lowest BCUT2D eigenvalue weighted by molar-refractivity contribution is -0.121. The van der Waals surface area contributed by atoms with E-state index in [9.17, 15) is 14.0 Å². The van der Waals surface area contributed by atoms with Crippen LogP contribution in [-0.4, -0.2) is 42.1 Å². The van der Waals surface area contributed by atoms with E-state index in [1.165, 1.54) is 12.1 Å². The Morgan fingerprint density at radius 2 is 1.75 bits per heavy atom. The molecule has 6 nitrogen and oxygen atoms in total. The monoisotopic (exact) mass is 430 g/mol. The minimum Gasteiger partial charge on any atom is -0.454 e. The molecule has 3 aromatic rings. The predicted molar refractivity (Wildman–Crippen MR) is 115 cm³/mol. The second-order valence-electron chi connectivity index (χ2n) is 8.20. The average molecular weight is 430 g/mol. The lowest BCUT2D eigenvalue weighted by atomic mass is 10.0. The number of carbonyl (C=O) groups excluding carboxylic acids is 2. The molecule has 2 atom stereocenters. The van der Waals surface area contributed by atoms with E-state index >= 15 is 0 Å². The number of benzene rings is 3. The molecule has 7 heteroatoms. The number of hydrogen-bond donors (Lipinski definition) is 0. The normalized spacial score (nSPS) is 20.8. The Balaban J connectivity index is 1.20. The molecule has 3 heterocycles. The fraction of sp³-hybridized carbons (Fsp3) is 0.200. The molecule has 0 aromatic heterocycles. The fourth-order valence-corrected chi connectivity index (χ4v) is 4.81. The van der Waals surface area contributed by atoms with Crippen molar-refractivity contribution in [3.8, 4) is 22.6 Å². The molecule has 2 amide bonds. The molecule has 2 bridgehead atoms. The number of amides is 2. The first kappa shape index (κ1) is 18.9. The molecule has 3 aliphatic rings. The number of carbonyl (C=O) groups is 2. The first-order chi connectivity index (χ1) is 15.6. The summed E-state index contributed by atoms with van der Waals surface area (Å²) in [5.74, 6) is 0.751. The van der Waals surface area contributed by atoms with Crippen LogP contribution < -0.4 is 14.4 Å². The highest BCUT2D eigenvalue weighted by Gasteiger charge is 2.52. The van der Waals surface area contributed by atoms with Crippen molar-refractivity contribution >= 4 is 17.5 Å². The predicted octanol–water partition coefficient (Wildman–Crippen LogP) is 3.85. The van der Waals surface area contributed by atoms with E-state index in [1.807, 2.05) is 18.2 Å². The van der Waals surface area contributed by atoms with Gasteiger partial charge in [-0.2, -0.15) is 0 Å². The highest BCUT2D eigenvalue weighted by molar-refractivity contribution is 6.06. The van der Waals surface area contributed by atoms with Crippen LogP contribution in [0.2, 0.25) is 0 Å². The number of ether oxygens (including phenoxy) is 2. The van der Waals surface area contributed by atoms with Crippen LogP contribution in [0.5, 0.6) is 11.5 Å². The van der Waals surface area contributed by atoms with Crippen LogP contribution in [-0.2, 0) is 4.79 Å². The van der Waals surface area contributed by atoms with E-state index in [2.05, 4.69) is 0 Å². The SMILES string of the molecule is O=C(c1ccc(-c2cccc(F)c2)cc1)N1C[C@@H]2C[C@H]1C(=O)N2c1ccc2c(c1)OCO2. The van der Waals surface area contributed by atoms with Gasteiger partial charge < -0.3 is 19.3 Å². The van der Waals surface area contributed by atoms with Crippen molar-refractivity contribution < 1.29 is 23.5 Å². The van der Waals surface area contributed by atoms with Crippen molar-refractivity contribution in [1.29, 1.82) is 0 Å². The van der Waals surface area contributed by atoms with Gasteiger partial charge in [-0.15, -0.1) is 0 Å². The lowest BCUT2D eigenvalue weighted by Crippen LogP contribution is -2.52. The minimum atomic E-state index is -0.471. The van der Waals surface area contributed by atoms with Crippen LogP contribution in [0.3, 0.4) is 0 Å². The number of halogens is 1. The topological polar surface area (TPSA) is 59.1 Å². The Labute approximate surface area is 183 Å². The molecule has 2 fully saturated rings. The number of anilines is 1. The van der Waals surface area contributed by atoms with Crippen molar-refractivity contribution in [1.82, 2.24) is 4.90 Å². The van der Waals surface area contributed by atoms with Crippen molar-refractivity contribution in [3.05, 3.63) is 78.1 Å². The van der Waals surface area contributed by atoms with Crippen LogP contribution in [0.15, 0.2) is 66.7 Å². The third kappa shape index (κ3) is 2.92. The quantitative estimate of drug-likeness (QED) is 0.633. The van der Waals surface area contributed by atoms with E-state index in [4.69, 9.17) is 9.47 Å². The van der Waals surface area contributed by atoms with Crippen LogP contribution in [0.4, 0.5) is 10.1 Å². The van der Waals surface area contributed by atoms with Gasteiger partial charge in [-0.05, 0) is 53.9 Å². The molecule has 6 rings (SSSR count). The van der Waals surface area contributed by atoms with Gasteiger partial charge in [0.15, 0.2) is 11.5 Å². The summed E-state index contributed by atoms with van der Waals surface area (Å²) in [6.45, 7) is 0.661. The van der Waals surface area contributed by atoms with Crippen LogP contribution >= 0.6 is 0 Å². The molecule has 3 aliphatic heterocycles. The Morgan fingerprint density at radius 1 is 0.938 bits per heavy atom. The van der Waals surface area contributed by atoms with Crippen molar-refractivity contribution in [2.75, 3.05) is 18.2 Å². The average Bonchev–Trinajstić information content (AvgIpc) is 3.53. The molecule has 0 saturated carbocycles. The molecule has 3 aromatic carbocycles. The summed E-state index contributed by atoms with van der Waals surface area (Å²) in [6.07, 6.45) is 0.611. The Morgan fingerprint density at radius 3 is 2.53 bits per heavy atom. The molecule has 0 spiro atoms. The zero-order valence-corrected chi connectivity index (χ0v) is 17.0. The highest BCUT2D eigenvalue weighted by Crippen LogP contribution is 2.41. The summed E-state index contributed by atoms with van der Waals surface area (Å²) in [4.78, 5) is 29.7. The number of fused-ring (bicyclic) bond motifs is 3. The first-order valence-electron chi connectivity index (χ1n) is 10.5. The molecular weight excluding hydrogens is 411 g/mol. The minimum absolute atomic E-state index is 0.0663. The lowest BCUT2D eigenvalue weighted by Gasteiger charge is -2.34. The number of piperazine rings is 1. The fourth-order valence-electron chi connectivity index (χ4n) is 4.81. The van der Waals surface area contributed by atoms with E-state index in [0.29, 0.717) is 30.0 Å². The number of hydrogen-bond acceptors (Lipinski definition) is 4. The van der Waals surface area contributed by atoms with Crippen LogP contribution in [0, 0.1) is 5.82 Å². The molecule has 0 N–H and O–H groups in total. The Hall–Kier alpha value is -3.87. The third-order valence-corrected chi connectivity index (χ3v) is 6.35. The van der Waals surface area contributed by atoms with Crippen molar-refractivity contribution in [2.45, 2.75) is 18.5 Å². The van der Waals surface area contributed by atoms with Gasteiger partial charge in [0, 0.05) is 23.9 Å². The Bertz CT molecular complexity index is 1240. The van der Waals surface area contributed by atoms with Gasteiger partial charge in [-0.1, -0.05) is 24.3 Å². The summed E-state index contributed by atoms with van der Waals surface area (Å²) < 4.78 is 24.3. The number of likely N-dealkylation sites (tertiary alicyclic amines) is 1.